The summed E-state index contributed by atoms with van der Waals surface area (Å²) in [5.41, 5.74) is 0.218. The molecule has 0 heterocycles. The molecule has 0 saturated heterocycles. The zero-order valence-electron chi connectivity index (χ0n) is 10.5. The van der Waals surface area contributed by atoms with Gasteiger partial charge in [0.25, 0.3) is 0 Å². The van der Waals surface area contributed by atoms with Crippen molar-refractivity contribution in [1.82, 2.24) is 5.32 Å². The maximum Gasteiger partial charge on any atom is 0.0694 e. The first kappa shape index (κ1) is 12.3. The molecule has 0 radical (unpaired) electrons. The fraction of sp³-hybridized carbons (Fsp3) is 1.00. The molecule has 2 aliphatic carbocycles. The molecule has 3 heteroatoms. The lowest BCUT2D eigenvalue weighted by Gasteiger charge is -2.42. The van der Waals surface area contributed by atoms with E-state index in [0.717, 1.165) is 32.2 Å². The second-order valence-corrected chi connectivity index (χ2v) is 5.21. The topological polar surface area (TPSA) is 30.5 Å². The van der Waals surface area contributed by atoms with Crippen molar-refractivity contribution in [1.29, 1.82) is 0 Å². The third kappa shape index (κ3) is 3.72. The monoisotopic (exact) mass is 227 g/mol. The summed E-state index contributed by atoms with van der Waals surface area (Å²) in [5.74, 6) is 0. The Balaban J connectivity index is 1.57. The highest BCUT2D eigenvalue weighted by atomic mass is 16.5. The summed E-state index contributed by atoms with van der Waals surface area (Å²) in [6, 6.07) is 0.825. The fourth-order valence-electron chi connectivity index (χ4n) is 2.32. The largest absolute Gasteiger partial charge is 0.385 e. The molecule has 0 aromatic carbocycles. The summed E-state index contributed by atoms with van der Waals surface area (Å²) in [4.78, 5) is 0. The van der Waals surface area contributed by atoms with E-state index >= 15 is 0 Å². The summed E-state index contributed by atoms with van der Waals surface area (Å²) >= 11 is 0. The molecule has 1 N–H and O–H groups in total. The summed E-state index contributed by atoms with van der Waals surface area (Å²) in [7, 11) is 1.75. The number of ether oxygens (including phenoxy) is 2. The van der Waals surface area contributed by atoms with Gasteiger partial charge in [-0.3, -0.25) is 0 Å². The van der Waals surface area contributed by atoms with Gasteiger partial charge in [0.2, 0.25) is 0 Å². The Morgan fingerprint density at radius 1 is 1.25 bits per heavy atom. The molecule has 0 atom stereocenters. The zero-order chi connectivity index (χ0) is 11.3. The molecule has 2 fully saturated rings. The predicted octanol–water partition coefficient (Wildman–Crippen LogP) is 2.10. The molecule has 0 bridgehead atoms. The molecule has 94 valence electrons. The first-order valence-corrected chi connectivity index (χ1v) is 6.71. The van der Waals surface area contributed by atoms with Gasteiger partial charge in [0.1, 0.15) is 0 Å². The van der Waals surface area contributed by atoms with E-state index in [1.807, 2.05) is 0 Å². The average molecular weight is 227 g/mol. The lowest BCUT2D eigenvalue weighted by atomic mass is 9.77. The molecular weight excluding hydrogens is 202 g/mol. The number of methoxy groups -OCH3 is 1. The molecule has 2 saturated carbocycles. The molecule has 0 amide bonds. The predicted molar refractivity (Wildman–Crippen MR) is 64.7 cm³/mol. The summed E-state index contributed by atoms with van der Waals surface area (Å²) in [6.07, 6.45) is 8.82. The van der Waals surface area contributed by atoms with Crippen LogP contribution in [0.3, 0.4) is 0 Å². The minimum Gasteiger partial charge on any atom is -0.385 e. The summed E-state index contributed by atoms with van der Waals surface area (Å²) in [6.45, 7) is 2.81. The van der Waals surface area contributed by atoms with Gasteiger partial charge in [0.15, 0.2) is 0 Å². The Morgan fingerprint density at radius 2 is 2.06 bits per heavy atom. The first-order chi connectivity index (χ1) is 7.85. The van der Waals surface area contributed by atoms with Crippen LogP contribution in [0.5, 0.6) is 0 Å². The van der Waals surface area contributed by atoms with E-state index in [2.05, 4.69) is 5.32 Å². The number of rotatable bonds is 9. The fourth-order valence-corrected chi connectivity index (χ4v) is 2.32. The summed E-state index contributed by atoms with van der Waals surface area (Å²) < 4.78 is 11.1. The van der Waals surface area contributed by atoms with Crippen LogP contribution in [0.2, 0.25) is 0 Å². The Hall–Kier alpha value is -0.120. The zero-order valence-corrected chi connectivity index (χ0v) is 10.5. The van der Waals surface area contributed by atoms with Gasteiger partial charge in [0.05, 0.1) is 5.60 Å². The molecule has 16 heavy (non-hydrogen) atoms. The van der Waals surface area contributed by atoms with E-state index in [0.29, 0.717) is 0 Å². The van der Waals surface area contributed by atoms with E-state index in [1.54, 1.807) is 7.11 Å². The highest BCUT2D eigenvalue weighted by molar-refractivity contribution is 4.91. The highest BCUT2D eigenvalue weighted by Crippen LogP contribution is 2.38. The van der Waals surface area contributed by atoms with Crippen LogP contribution in [-0.4, -0.2) is 38.5 Å². The van der Waals surface area contributed by atoms with Crippen molar-refractivity contribution in [2.24, 2.45) is 0 Å². The smallest absolute Gasteiger partial charge is 0.0694 e. The SMILES string of the molecule is COCCCOC1(CCNC2CC2)CCC1. The number of hydrogen-bond donors (Lipinski definition) is 1. The average Bonchev–Trinajstić information content (AvgIpc) is 3.03. The minimum absolute atomic E-state index is 0.218. The van der Waals surface area contributed by atoms with Crippen LogP contribution >= 0.6 is 0 Å². The van der Waals surface area contributed by atoms with Crippen LogP contribution in [0.4, 0.5) is 0 Å². The van der Waals surface area contributed by atoms with Crippen LogP contribution in [0.15, 0.2) is 0 Å². The third-order valence-corrected chi connectivity index (χ3v) is 3.76. The molecule has 0 aromatic rings. The Labute approximate surface area is 98.9 Å². The van der Waals surface area contributed by atoms with Crippen molar-refractivity contribution in [3.05, 3.63) is 0 Å². The third-order valence-electron chi connectivity index (χ3n) is 3.76. The lowest BCUT2D eigenvalue weighted by Crippen LogP contribution is -2.43. The van der Waals surface area contributed by atoms with Crippen molar-refractivity contribution < 1.29 is 9.47 Å². The van der Waals surface area contributed by atoms with E-state index in [4.69, 9.17) is 9.47 Å². The minimum atomic E-state index is 0.218. The van der Waals surface area contributed by atoms with Gasteiger partial charge >= 0.3 is 0 Å². The van der Waals surface area contributed by atoms with Crippen molar-refractivity contribution in [3.8, 4) is 0 Å². The van der Waals surface area contributed by atoms with Crippen LogP contribution < -0.4 is 5.32 Å². The maximum atomic E-state index is 6.05. The molecule has 0 unspecified atom stereocenters. The van der Waals surface area contributed by atoms with E-state index in [1.165, 1.54) is 38.5 Å². The van der Waals surface area contributed by atoms with Gasteiger partial charge in [-0.25, -0.2) is 0 Å². The van der Waals surface area contributed by atoms with Crippen LogP contribution in [-0.2, 0) is 9.47 Å². The second-order valence-electron chi connectivity index (χ2n) is 5.21. The van der Waals surface area contributed by atoms with Crippen molar-refractivity contribution in [2.75, 3.05) is 26.9 Å². The van der Waals surface area contributed by atoms with Gasteiger partial charge in [-0.1, -0.05) is 0 Å². The Morgan fingerprint density at radius 3 is 2.62 bits per heavy atom. The van der Waals surface area contributed by atoms with Gasteiger partial charge in [0, 0.05) is 26.4 Å². The van der Waals surface area contributed by atoms with Crippen LogP contribution in [0.25, 0.3) is 0 Å². The van der Waals surface area contributed by atoms with E-state index in [9.17, 15) is 0 Å². The van der Waals surface area contributed by atoms with Crippen molar-refractivity contribution >= 4 is 0 Å². The highest BCUT2D eigenvalue weighted by Gasteiger charge is 2.37. The number of nitrogens with one attached hydrogen (secondary N) is 1. The summed E-state index contributed by atoms with van der Waals surface area (Å²) in [5, 5.41) is 3.58. The normalized spacial score (nSPS) is 23.1. The second kappa shape index (κ2) is 5.99. The molecule has 2 aliphatic rings. The standard InChI is InChI=1S/C13H25NO2/c1-15-10-3-11-16-13(6-2-7-13)8-9-14-12-4-5-12/h12,14H,2-11H2,1H3. The first-order valence-electron chi connectivity index (χ1n) is 6.71. The quantitative estimate of drug-likeness (QED) is 0.612. The molecule has 3 nitrogen and oxygen atoms in total. The van der Waals surface area contributed by atoms with Gasteiger partial charge in [-0.2, -0.15) is 0 Å². The molecule has 0 aromatic heterocycles. The van der Waals surface area contributed by atoms with Gasteiger partial charge in [-0.05, 0) is 51.5 Å². The van der Waals surface area contributed by atoms with Crippen LogP contribution in [0, 0.1) is 0 Å². The van der Waals surface area contributed by atoms with Crippen LogP contribution in [0.1, 0.15) is 44.9 Å². The molecular formula is C13H25NO2. The lowest BCUT2D eigenvalue weighted by molar-refractivity contribution is -0.107. The van der Waals surface area contributed by atoms with E-state index < -0.39 is 0 Å². The Bertz CT molecular complexity index is 200. The molecule has 0 aliphatic heterocycles. The van der Waals surface area contributed by atoms with Gasteiger partial charge < -0.3 is 14.8 Å². The van der Waals surface area contributed by atoms with Crippen molar-refractivity contribution in [2.45, 2.75) is 56.6 Å². The molecule has 0 spiro atoms. The van der Waals surface area contributed by atoms with E-state index in [-0.39, 0.29) is 5.60 Å². The van der Waals surface area contributed by atoms with Gasteiger partial charge in [-0.15, -0.1) is 0 Å². The Kier molecular flexibility index (Phi) is 4.62. The van der Waals surface area contributed by atoms with Crippen molar-refractivity contribution in [3.63, 3.8) is 0 Å². The molecule has 2 rings (SSSR count). The maximum absolute atomic E-state index is 6.05. The number of hydrogen-bond acceptors (Lipinski definition) is 3.